The van der Waals surface area contributed by atoms with Crippen molar-refractivity contribution in [1.29, 1.82) is 0 Å². The predicted molar refractivity (Wildman–Crippen MR) is 64.8 cm³/mol. The number of ether oxygens (including phenoxy) is 1. The van der Waals surface area contributed by atoms with Gasteiger partial charge in [-0.15, -0.1) is 0 Å². The number of carbonyl (C=O) groups is 1. The number of carbonyl (C=O) groups excluding carboxylic acids is 1. The summed E-state index contributed by atoms with van der Waals surface area (Å²) < 4.78 is 6.66. The van der Waals surface area contributed by atoms with Crippen molar-refractivity contribution in [2.24, 2.45) is 5.92 Å². The number of fused-ring (bicyclic) bond motifs is 1. The molecule has 1 aliphatic heterocycles. The van der Waals surface area contributed by atoms with Gasteiger partial charge >= 0.3 is 0 Å². The average Bonchev–Trinajstić information content (AvgIpc) is 2.98. The average molecular weight is 281 g/mol. The van der Waals surface area contributed by atoms with Gasteiger partial charge in [-0.1, -0.05) is 15.9 Å². The van der Waals surface area contributed by atoms with Crippen LogP contribution in [0.25, 0.3) is 0 Å². The molecule has 1 fully saturated rings. The number of halogens is 1. The third kappa shape index (κ3) is 1.88. The van der Waals surface area contributed by atoms with Gasteiger partial charge in [0.05, 0.1) is 6.61 Å². The van der Waals surface area contributed by atoms with Gasteiger partial charge in [0.1, 0.15) is 11.5 Å². The maximum atomic E-state index is 11.8. The van der Waals surface area contributed by atoms with E-state index in [1.807, 2.05) is 6.07 Å². The summed E-state index contributed by atoms with van der Waals surface area (Å²) in [5.74, 6) is 1.66. The molecule has 3 rings (SSSR count). The highest BCUT2D eigenvalue weighted by molar-refractivity contribution is 9.10. The third-order valence-corrected chi connectivity index (χ3v) is 3.68. The van der Waals surface area contributed by atoms with Crippen LogP contribution in [0.3, 0.4) is 0 Å². The largest absolute Gasteiger partial charge is 0.493 e. The van der Waals surface area contributed by atoms with Crippen molar-refractivity contribution in [3.63, 3.8) is 0 Å². The van der Waals surface area contributed by atoms with Crippen LogP contribution in [0.5, 0.6) is 5.75 Å². The molecule has 1 aromatic rings. The molecule has 0 spiro atoms. The molecule has 3 heteroatoms. The van der Waals surface area contributed by atoms with Crippen LogP contribution in [-0.4, -0.2) is 12.4 Å². The van der Waals surface area contributed by atoms with Crippen molar-refractivity contribution in [1.82, 2.24) is 0 Å². The Morgan fingerprint density at radius 3 is 3.00 bits per heavy atom. The minimum atomic E-state index is 0.330. The first-order valence-corrected chi connectivity index (χ1v) is 6.50. The summed E-state index contributed by atoms with van der Waals surface area (Å²) in [5.41, 5.74) is 2.28. The number of ketones is 1. The van der Waals surface area contributed by atoms with Crippen LogP contribution in [0.4, 0.5) is 0 Å². The van der Waals surface area contributed by atoms with Gasteiger partial charge in [-0.3, -0.25) is 4.79 Å². The van der Waals surface area contributed by atoms with E-state index >= 15 is 0 Å². The fraction of sp³-hybridized carbons (Fsp3) is 0.462. The molecule has 0 saturated heterocycles. The van der Waals surface area contributed by atoms with E-state index in [9.17, 15) is 4.79 Å². The Bertz CT molecular complexity index is 449. The maximum absolute atomic E-state index is 11.8. The summed E-state index contributed by atoms with van der Waals surface area (Å²) in [6.45, 7) is 0.746. The van der Waals surface area contributed by atoms with E-state index in [-0.39, 0.29) is 0 Å². The molecule has 0 amide bonds. The fourth-order valence-corrected chi connectivity index (χ4v) is 2.77. The Morgan fingerprint density at radius 2 is 2.25 bits per heavy atom. The minimum Gasteiger partial charge on any atom is -0.493 e. The van der Waals surface area contributed by atoms with Crippen LogP contribution in [0, 0.1) is 5.92 Å². The van der Waals surface area contributed by atoms with Crippen LogP contribution in [0.15, 0.2) is 16.6 Å². The summed E-state index contributed by atoms with van der Waals surface area (Å²) in [7, 11) is 0. The van der Waals surface area contributed by atoms with E-state index in [2.05, 4.69) is 22.0 Å². The molecule has 0 bridgehead atoms. The lowest BCUT2D eigenvalue weighted by Crippen LogP contribution is -2.06. The Kier molecular flexibility index (Phi) is 2.51. The maximum Gasteiger partial charge on any atom is 0.140 e. The summed E-state index contributed by atoms with van der Waals surface area (Å²) in [5, 5.41) is 0. The molecule has 2 aliphatic rings. The van der Waals surface area contributed by atoms with E-state index < -0.39 is 0 Å². The van der Waals surface area contributed by atoms with Crippen molar-refractivity contribution in [3.8, 4) is 5.75 Å². The molecule has 16 heavy (non-hydrogen) atoms. The third-order valence-electron chi connectivity index (χ3n) is 3.22. The topological polar surface area (TPSA) is 26.3 Å². The molecule has 0 unspecified atom stereocenters. The van der Waals surface area contributed by atoms with Gasteiger partial charge in [0, 0.05) is 28.8 Å². The second kappa shape index (κ2) is 3.88. The molecule has 84 valence electrons. The van der Waals surface area contributed by atoms with Gasteiger partial charge in [-0.2, -0.15) is 0 Å². The van der Waals surface area contributed by atoms with Crippen LogP contribution >= 0.6 is 15.9 Å². The molecule has 0 aromatic heterocycles. The smallest absolute Gasteiger partial charge is 0.140 e. The first kappa shape index (κ1) is 10.3. The Hall–Kier alpha value is -0.830. The first-order valence-electron chi connectivity index (χ1n) is 5.71. The van der Waals surface area contributed by atoms with Crippen LogP contribution in [0.1, 0.15) is 24.0 Å². The molecular formula is C13H13BrO2. The SMILES string of the molecule is O=C(Cc1cc(Br)cc2c1OCC2)C1CC1. The zero-order valence-corrected chi connectivity index (χ0v) is 10.5. The molecule has 1 saturated carbocycles. The highest BCUT2D eigenvalue weighted by atomic mass is 79.9. The van der Waals surface area contributed by atoms with E-state index in [0.717, 1.165) is 41.7 Å². The van der Waals surface area contributed by atoms with Crippen molar-refractivity contribution in [2.75, 3.05) is 6.61 Å². The Balaban J connectivity index is 1.90. The molecule has 0 radical (unpaired) electrons. The standard InChI is InChI=1S/C13H13BrO2/c14-11-5-9-3-4-16-13(9)10(6-11)7-12(15)8-1-2-8/h5-6,8H,1-4,7H2. The van der Waals surface area contributed by atoms with E-state index in [1.54, 1.807) is 0 Å². The van der Waals surface area contributed by atoms with Crippen LogP contribution in [-0.2, 0) is 17.6 Å². The minimum absolute atomic E-state index is 0.330. The second-order valence-electron chi connectivity index (χ2n) is 4.57. The normalized spacial score (nSPS) is 18.1. The van der Waals surface area contributed by atoms with Gasteiger partial charge in [0.15, 0.2) is 0 Å². The number of rotatable bonds is 3. The van der Waals surface area contributed by atoms with Crippen molar-refractivity contribution in [3.05, 3.63) is 27.7 Å². The molecule has 2 nitrogen and oxygen atoms in total. The Morgan fingerprint density at radius 1 is 1.44 bits per heavy atom. The van der Waals surface area contributed by atoms with Gasteiger partial charge in [-0.25, -0.2) is 0 Å². The van der Waals surface area contributed by atoms with Gasteiger partial charge in [0.25, 0.3) is 0 Å². The summed E-state index contributed by atoms with van der Waals surface area (Å²) in [6.07, 6.45) is 3.65. The van der Waals surface area contributed by atoms with Crippen molar-refractivity contribution >= 4 is 21.7 Å². The quantitative estimate of drug-likeness (QED) is 0.851. The van der Waals surface area contributed by atoms with E-state index in [0.29, 0.717) is 18.1 Å². The molecule has 0 atom stereocenters. The zero-order chi connectivity index (χ0) is 11.1. The monoisotopic (exact) mass is 280 g/mol. The molecule has 1 heterocycles. The summed E-state index contributed by atoms with van der Waals surface area (Å²) >= 11 is 3.49. The summed E-state index contributed by atoms with van der Waals surface area (Å²) in [4.78, 5) is 11.8. The highest BCUT2D eigenvalue weighted by Crippen LogP contribution is 2.36. The number of hydrogen-bond acceptors (Lipinski definition) is 2. The lowest BCUT2D eigenvalue weighted by molar-refractivity contribution is -0.119. The van der Waals surface area contributed by atoms with Crippen LogP contribution < -0.4 is 4.74 Å². The van der Waals surface area contributed by atoms with Crippen LogP contribution in [0.2, 0.25) is 0 Å². The number of Topliss-reactive ketones (excluding diaryl/α,β-unsaturated/α-hetero) is 1. The highest BCUT2D eigenvalue weighted by Gasteiger charge is 2.30. The molecule has 1 aliphatic carbocycles. The van der Waals surface area contributed by atoms with Gasteiger partial charge in [-0.05, 0) is 30.5 Å². The Labute approximate surface area is 103 Å². The second-order valence-corrected chi connectivity index (χ2v) is 5.48. The number of hydrogen-bond donors (Lipinski definition) is 0. The van der Waals surface area contributed by atoms with Gasteiger partial charge in [0.2, 0.25) is 0 Å². The lowest BCUT2D eigenvalue weighted by Gasteiger charge is -2.08. The number of benzene rings is 1. The van der Waals surface area contributed by atoms with Crippen molar-refractivity contribution < 1.29 is 9.53 Å². The molecule has 1 aromatic carbocycles. The predicted octanol–water partition coefficient (Wildman–Crippen LogP) is 2.91. The zero-order valence-electron chi connectivity index (χ0n) is 8.96. The molecular weight excluding hydrogens is 268 g/mol. The first-order chi connectivity index (χ1) is 7.74. The fourth-order valence-electron chi connectivity index (χ4n) is 2.21. The summed E-state index contributed by atoms with van der Waals surface area (Å²) in [6, 6.07) is 4.11. The van der Waals surface area contributed by atoms with E-state index in [4.69, 9.17) is 4.74 Å². The van der Waals surface area contributed by atoms with Gasteiger partial charge < -0.3 is 4.74 Å². The van der Waals surface area contributed by atoms with E-state index in [1.165, 1.54) is 5.56 Å². The molecule has 0 N–H and O–H groups in total. The van der Waals surface area contributed by atoms with Crippen molar-refractivity contribution in [2.45, 2.75) is 25.7 Å². The lowest BCUT2D eigenvalue weighted by atomic mass is 10.0.